The number of nitrogens with one attached hydrogen (secondary N) is 2. The number of hydrogen-bond donors (Lipinski definition) is 3. The Morgan fingerprint density at radius 1 is 1.61 bits per heavy atom. The van der Waals surface area contributed by atoms with E-state index in [1.54, 1.807) is 12.4 Å². The lowest BCUT2D eigenvalue weighted by Crippen LogP contribution is -2.37. The third-order valence-corrected chi connectivity index (χ3v) is 2.79. The van der Waals surface area contributed by atoms with Gasteiger partial charge in [0.15, 0.2) is 5.82 Å². The van der Waals surface area contributed by atoms with Crippen LogP contribution in [0.3, 0.4) is 0 Å². The zero-order valence-corrected chi connectivity index (χ0v) is 10.1. The van der Waals surface area contributed by atoms with Crippen molar-refractivity contribution in [3.05, 3.63) is 12.4 Å². The molecule has 1 unspecified atom stereocenters. The van der Waals surface area contributed by atoms with Crippen molar-refractivity contribution in [3.63, 3.8) is 0 Å². The fourth-order valence-electron chi connectivity index (χ4n) is 1.89. The zero-order valence-electron chi connectivity index (χ0n) is 10.1. The van der Waals surface area contributed by atoms with Crippen molar-refractivity contribution >= 4 is 17.7 Å². The number of hydrogen-bond acceptors (Lipinski definition) is 7. The van der Waals surface area contributed by atoms with Gasteiger partial charge in [0, 0.05) is 13.1 Å². The van der Waals surface area contributed by atoms with Gasteiger partial charge in [-0.1, -0.05) is 0 Å². The molecule has 1 aromatic rings. The summed E-state index contributed by atoms with van der Waals surface area (Å²) in [6.07, 6.45) is 3.65. The molecule has 1 atom stereocenters. The average Bonchev–Trinajstić information content (AvgIpc) is 2.87. The monoisotopic (exact) mass is 252 g/mol. The molecule has 0 aromatic carbocycles. The van der Waals surface area contributed by atoms with Crippen LogP contribution in [0.4, 0.5) is 16.4 Å². The van der Waals surface area contributed by atoms with Crippen LogP contribution in [0.1, 0.15) is 6.42 Å². The molecule has 8 heteroatoms. The maximum Gasteiger partial charge on any atom is 0.407 e. The molecule has 1 aromatic heterocycles. The molecule has 0 aliphatic carbocycles. The minimum atomic E-state index is -0.412. The van der Waals surface area contributed by atoms with E-state index in [-0.39, 0.29) is 6.04 Å². The van der Waals surface area contributed by atoms with Gasteiger partial charge in [-0.25, -0.2) is 15.6 Å². The number of carbonyl (C=O) groups is 1. The fourth-order valence-corrected chi connectivity index (χ4v) is 1.89. The van der Waals surface area contributed by atoms with Crippen molar-refractivity contribution in [1.29, 1.82) is 0 Å². The molecule has 18 heavy (non-hydrogen) atoms. The van der Waals surface area contributed by atoms with E-state index >= 15 is 0 Å². The third kappa shape index (κ3) is 2.77. The van der Waals surface area contributed by atoms with E-state index in [9.17, 15) is 4.79 Å². The van der Waals surface area contributed by atoms with E-state index < -0.39 is 6.09 Å². The van der Waals surface area contributed by atoms with Gasteiger partial charge in [-0.2, -0.15) is 0 Å². The van der Waals surface area contributed by atoms with Crippen LogP contribution in [0.15, 0.2) is 12.4 Å². The van der Waals surface area contributed by atoms with Crippen LogP contribution in [-0.4, -0.2) is 42.3 Å². The first-order valence-corrected chi connectivity index (χ1v) is 5.61. The number of hydrazine groups is 1. The molecule has 8 nitrogen and oxygen atoms in total. The zero-order chi connectivity index (χ0) is 13.0. The molecule has 1 amide bonds. The highest BCUT2D eigenvalue weighted by molar-refractivity contribution is 5.67. The van der Waals surface area contributed by atoms with Gasteiger partial charge in [0.05, 0.1) is 25.5 Å². The third-order valence-electron chi connectivity index (χ3n) is 2.79. The molecule has 1 fully saturated rings. The lowest BCUT2D eigenvalue weighted by Gasteiger charge is -2.17. The number of anilines is 2. The average molecular weight is 252 g/mol. The number of rotatable bonds is 3. The molecule has 1 aliphatic rings. The van der Waals surface area contributed by atoms with Crippen LogP contribution in [0.25, 0.3) is 0 Å². The normalized spacial score (nSPS) is 18.6. The lowest BCUT2D eigenvalue weighted by atomic mass is 10.3. The second kappa shape index (κ2) is 5.50. The van der Waals surface area contributed by atoms with Gasteiger partial charge in [0.25, 0.3) is 0 Å². The second-order valence-electron chi connectivity index (χ2n) is 3.97. The van der Waals surface area contributed by atoms with Gasteiger partial charge in [0.2, 0.25) is 0 Å². The topological polar surface area (TPSA) is 105 Å². The van der Waals surface area contributed by atoms with Gasteiger partial charge >= 0.3 is 6.09 Å². The van der Waals surface area contributed by atoms with Gasteiger partial charge in [-0.05, 0) is 6.42 Å². The van der Waals surface area contributed by atoms with Crippen LogP contribution in [-0.2, 0) is 4.74 Å². The van der Waals surface area contributed by atoms with Crippen LogP contribution < -0.4 is 21.5 Å². The second-order valence-corrected chi connectivity index (χ2v) is 3.97. The van der Waals surface area contributed by atoms with Crippen LogP contribution in [0.5, 0.6) is 0 Å². The van der Waals surface area contributed by atoms with Crippen LogP contribution in [0, 0.1) is 0 Å². The molecule has 0 bridgehead atoms. The van der Waals surface area contributed by atoms with Gasteiger partial charge < -0.3 is 20.4 Å². The Balaban J connectivity index is 1.97. The maximum absolute atomic E-state index is 11.1. The van der Waals surface area contributed by atoms with Crippen molar-refractivity contribution in [2.75, 3.05) is 30.5 Å². The molecule has 1 aliphatic heterocycles. The summed E-state index contributed by atoms with van der Waals surface area (Å²) in [5, 5.41) is 2.77. The first kappa shape index (κ1) is 12.4. The first-order valence-electron chi connectivity index (χ1n) is 5.61. The smallest absolute Gasteiger partial charge is 0.407 e. The maximum atomic E-state index is 11.1. The summed E-state index contributed by atoms with van der Waals surface area (Å²) in [6.45, 7) is 1.48. The molecule has 2 rings (SSSR count). The van der Waals surface area contributed by atoms with Crippen LogP contribution in [0.2, 0.25) is 0 Å². The van der Waals surface area contributed by atoms with Crippen molar-refractivity contribution < 1.29 is 9.53 Å². The molecular formula is C10H16N6O2. The predicted molar refractivity (Wildman–Crippen MR) is 66.0 cm³/mol. The molecule has 2 heterocycles. The highest BCUT2D eigenvalue weighted by Crippen LogP contribution is 2.18. The molecule has 4 N–H and O–H groups in total. The minimum absolute atomic E-state index is 0.0636. The predicted octanol–water partition coefficient (Wildman–Crippen LogP) is -0.303. The Labute approximate surface area is 104 Å². The number of nitrogens with zero attached hydrogens (tertiary/aromatic N) is 3. The number of nitrogens with two attached hydrogens (primary N) is 1. The van der Waals surface area contributed by atoms with Crippen molar-refractivity contribution in [1.82, 2.24) is 15.3 Å². The van der Waals surface area contributed by atoms with E-state index in [2.05, 4.69) is 25.4 Å². The van der Waals surface area contributed by atoms with E-state index in [0.29, 0.717) is 12.4 Å². The van der Waals surface area contributed by atoms with E-state index in [4.69, 9.17) is 5.84 Å². The Hall–Kier alpha value is -2.09. The Morgan fingerprint density at radius 3 is 3.17 bits per heavy atom. The molecule has 98 valence electrons. The summed E-state index contributed by atoms with van der Waals surface area (Å²) in [5.41, 5.74) is 2.45. The standard InChI is InChI=1S/C10H16N6O2/c1-18-10(17)13-7-2-3-16(6-7)9-5-12-4-8(14-9)15-11/h4-5,7H,2-3,6,11H2,1H3,(H,13,17)(H,14,15). The van der Waals surface area contributed by atoms with E-state index in [1.807, 2.05) is 4.90 Å². The van der Waals surface area contributed by atoms with E-state index in [1.165, 1.54) is 7.11 Å². The largest absolute Gasteiger partial charge is 0.453 e. The number of nitrogen functional groups attached to an aromatic ring is 1. The summed E-state index contributed by atoms with van der Waals surface area (Å²) >= 11 is 0. The summed E-state index contributed by atoms with van der Waals surface area (Å²) in [4.78, 5) is 21.5. The van der Waals surface area contributed by atoms with Crippen molar-refractivity contribution in [2.45, 2.75) is 12.5 Å². The first-order chi connectivity index (χ1) is 8.72. The number of ether oxygens (including phenoxy) is 1. The van der Waals surface area contributed by atoms with Gasteiger partial charge in [0.1, 0.15) is 5.82 Å². The number of amides is 1. The van der Waals surface area contributed by atoms with Crippen molar-refractivity contribution in [3.8, 4) is 0 Å². The highest BCUT2D eigenvalue weighted by atomic mass is 16.5. The lowest BCUT2D eigenvalue weighted by molar-refractivity contribution is 0.167. The SMILES string of the molecule is COC(=O)NC1CCN(c2cncc(NN)n2)C1. The summed E-state index contributed by atoms with van der Waals surface area (Å²) in [7, 11) is 1.35. The van der Waals surface area contributed by atoms with Gasteiger partial charge in [-0.3, -0.25) is 4.98 Å². The number of methoxy groups -OCH3 is 1. The molecule has 0 saturated carbocycles. The van der Waals surface area contributed by atoms with E-state index in [0.717, 1.165) is 18.8 Å². The minimum Gasteiger partial charge on any atom is -0.453 e. The molecule has 0 spiro atoms. The highest BCUT2D eigenvalue weighted by Gasteiger charge is 2.25. The Bertz CT molecular complexity index is 427. The quantitative estimate of drug-likeness (QED) is 0.501. The number of alkyl carbamates (subject to hydrolysis) is 1. The summed E-state index contributed by atoms with van der Waals surface area (Å²) < 4.78 is 4.57. The number of carbonyl (C=O) groups excluding carboxylic acids is 1. The Kier molecular flexibility index (Phi) is 3.78. The summed E-state index contributed by atoms with van der Waals surface area (Å²) in [6, 6.07) is 0.0636. The van der Waals surface area contributed by atoms with Gasteiger partial charge in [-0.15, -0.1) is 0 Å². The van der Waals surface area contributed by atoms with Crippen molar-refractivity contribution in [2.24, 2.45) is 5.84 Å². The molecule has 0 radical (unpaired) electrons. The number of aromatic nitrogens is 2. The molecule has 1 saturated heterocycles. The Morgan fingerprint density at radius 2 is 2.44 bits per heavy atom. The molecular weight excluding hydrogens is 236 g/mol. The van der Waals surface area contributed by atoms with Crippen LogP contribution >= 0.6 is 0 Å². The summed E-state index contributed by atoms with van der Waals surface area (Å²) in [5.74, 6) is 6.53. The fraction of sp³-hybridized carbons (Fsp3) is 0.500.